The predicted octanol–water partition coefficient (Wildman–Crippen LogP) is -0.205. The Morgan fingerprint density at radius 3 is 2.36 bits per heavy atom. The highest BCUT2D eigenvalue weighted by molar-refractivity contribution is 7.89. The van der Waals surface area contributed by atoms with Crippen LogP contribution in [0.3, 0.4) is 0 Å². The third-order valence-electron chi connectivity index (χ3n) is 3.25. The first-order valence-electron chi connectivity index (χ1n) is 7.27. The number of sulfonamides is 1. The first-order chi connectivity index (χ1) is 10.1. The lowest BCUT2D eigenvalue weighted by Gasteiger charge is -2.26. The van der Waals surface area contributed by atoms with Crippen LogP contribution in [0.15, 0.2) is 0 Å². The van der Waals surface area contributed by atoms with Crippen molar-refractivity contribution in [2.24, 2.45) is 0 Å². The van der Waals surface area contributed by atoms with Gasteiger partial charge in [-0.3, -0.25) is 4.79 Å². The zero-order valence-electron chi connectivity index (χ0n) is 13.1. The number of carboxylic acids is 1. The van der Waals surface area contributed by atoms with Gasteiger partial charge in [0.1, 0.15) is 6.04 Å². The molecule has 1 saturated carbocycles. The number of ether oxygens (including phenoxy) is 1. The molecule has 0 spiro atoms. The molecule has 0 radical (unpaired) electrons. The maximum absolute atomic E-state index is 12.1. The quantitative estimate of drug-likeness (QED) is 0.571. The number of aliphatic carboxylic acids is 1. The number of rotatable bonds is 10. The molecule has 22 heavy (non-hydrogen) atoms. The van der Waals surface area contributed by atoms with E-state index in [9.17, 15) is 18.0 Å². The smallest absolute Gasteiger partial charge is 0.326 e. The van der Waals surface area contributed by atoms with Crippen LogP contribution in [-0.2, 0) is 24.3 Å². The number of hydrogen-bond acceptors (Lipinski definition) is 5. The molecule has 1 atom stereocenters. The van der Waals surface area contributed by atoms with E-state index in [4.69, 9.17) is 9.84 Å². The van der Waals surface area contributed by atoms with Crippen LogP contribution in [0.2, 0.25) is 0 Å². The molecule has 1 aliphatic carbocycles. The lowest BCUT2D eigenvalue weighted by atomic mass is 10.2. The minimum absolute atomic E-state index is 0.0407. The molecule has 0 aromatic rings. The molecule has 0 aliphatic heterocycles. The van der Waals surface area contributed by atoms with Crippen molar-refractivity contribution in [3.63, 3.8) is 0 Å². The Morgan fingerprint density at radius 1 is 1.32 bits per heavy atom. The van der Waals surface area contributed by atoms with Crippen molar-refractivity contribution in [2.75, 3.05) is 18.9 Å². The van der Waals surface area contributed by atoms with Crippen molar-refractivity contribution < 1.29 is 27.9 Å². The molecule has 1 fully saturated rings. The standard InChI is InChI=1S/C13H24N2O6S/c1-9(2)21-6-7-22(19,20)14-8-12(16)15(11-4-5-11)10(3)13(17)18/h9-11,14H,4-8H2,1-3H3,(H,17,18). The summed E-state index contributed by atoms with van der Waals surface area (Å²) in [4.78, 5) is 24.4. The first-order valence-corrected chi connectivity index (χ1v) is 8.92. The van der Waals surface area contributed by atoms with Crippen LogP contribution in [0.25, 0.3) is 0 Å². The second-order valence-corrected chi connectivity index (χ2v) is 7.53. The van der Waals surface area contributed by atoms with Gasteiger partial charge in [0.2, 0.25) is 15.9 Å². The summed E-state index contributed by atoms with van der Waals surface area (Å²) in [5.74, 6) is -1.87. The summed E-state index contributed by atoms with van der Waals surface area (Å²) in [5.41, 5.74) is 0. The van der Waals surface area contributed by atoms with Gasteiger partial charge < -0.3 is 14.7 Å². The Hall–Kier alpha value is -1.19. The molecule has 128 valence electrons. The first kappa shape index (κ1) is 18.9. The van der Waals surface area contributed by atoms with Gasteiger partial charge in [-0.2, -0.15) is 0 Å². The summed E-state index contributed by atoms with van der Waals surface area (Å²) in [6.07, 6.45) is 1.43. The Morgan fingerprint density at radius 2 is 1.91 bits per heavy atom. The van der Waals surface area contributed by atoms with Crippen LogP contribution < -0.4 is 4.72 Å². The second-order valence-electron chi connectivity index (χ2n) is 5.61. The van der Waals surface area contributed by atoms with Crippen molar-refractivity contribution in [3.05, 3.63) is 0 Å². The van der Waals surface area contributed by atoms with E-state index < -0.39 is 34.5 Å². The molecule has 1 amide bonds. The highest BCUT2D eigenvalue weighted by Crippen LogP contribution is 2.28. The molecule has 0 aromatic carbocycles. The minimum Gasteiger partial charge on any atom is -0.480 e. The van der Waals surface area contributed by atoms with Crippen LogP contribution in [0.4, 0.5) is 0 Å². The fourth-order valence-electron chi connectivity index (χ4n) is 1.94. The molecule has 8 nitrogen and oxygen atoms in total. The summed E-state index contributed by atoms with van der Waals surface area (Å²) in [6.45, 7) is 4.62. The van der Waals surface area contributed by atoms with Gasteiger partial charge >= 0.3 is 5.97 Å². The van der Waals surface area contributed by atoms with Crippen molar-refractivity contribution in [1.29, 1.82) is 0 Å². The largest absolute Gasteiger partial charge is 0.480 e. The zero-order chi connectivity index (χ0) is 16.9. The number of amides is 1. The third kappa shape index (κ3) is 6.29. The molecule has 1 rings (SSSR count). The van der Waals surface area contributed by atoms with E-state index in [1.165, 1.54) is 11.8 Å². The van der Waals surface area contributed by atoms with Gasteiger partial charge in [0.05, 0.1) is 25.0 Å². The lowest BCUT2D eigenvalue weighted by molar-refractivity contribution is -0.149. The summed E-state index contributed by atoms with van der Waals surface area (Å²) in [7, 11) is -3.63. The van der Waals surface area contributed by atoms with Crippen LogP contribution in [0.5, 0.6) is 0 Å². The third-order valence-corrected chi connectivity index (χ3v) is 4.54. The minimum atomic E-state index is -3.63. The molecule has 1 unspecified atom stereocenters. The van der Waals surface area contributed by atoms with Crippen LogP contribution in [-0.4, -0.2) is 67.4 Å². The molecule has 1 aliphatic rings. The Bertz CT molecular complexity index is 501. The van der Waals surface area contributed by atoms with Crippen molar-refractivity contribution >= 4 is 21.9 Å². The zero-order valence-corrected chi connectivity index (χ0v) is 13.9. The SMILES string of the molecule is CC(C)OCCS(=O)(=O)NCC(=O)N(C1CC1)C(C)C(=O)O. The number of hydrogen-bond donors (Lipinski definition) is 2. The summed E-state index contributed by atoms with van der Waals surface area (Å²) in [6, 6.07) is -1.07. The van der Waals surface area contributed by atoms with E-state index in [-0.39, 0.29) is 24.5 Å². The maximum Gasteiger partial charge on any atom is 0.326 e. The highest BCUT2D eigenvalue weighted by Gasteiger charge is 2.38. The van der Waals surface area contributed by atoms with Crippen LogP contribution >= 0.6 is 0 Å². The van der Waals surface area contributed by atoms with Gasteiger partial charge in [-0.1, -0.05) is 0 Å². The molecule has 0 heterocycles. The normalized spacial score (nSPS) is 16.5. The van der Waals surface area contributed by atoms with E-state index in [0.29, 0.717) is 0 Å². The van der Waals surface area contributed by atoms with E-state index in [1.54, 1.807) is 13.8 Å². The fraction of sp³-hybridized carbons (Fsp3) is 0.846. The maximum atomic E-state index is 12.1. The van der Waals surface area contributed by atoms with E-state index in [2.05, 4.69) is 4.72 Å². The second kappa shape index (κ2) is 7.89. The number of carboxylic acid groups (broad SMARTS) is 1. The molecule has 0 bridgehead atoms. The van der Waals surface area contributed by atoms with Gasteiger partial charge in [0.25, 0.3) is 0 Å². The summed E-state index contributed by atoms with van der Waals surface area (Å²) >= 11 is 0. The molecule has 0 saturated heterocycles. The number of carbonyl (C=O) groups is 2. The average Bonchev–Trinajstić information content (AvgIpc) is 3.20. The van der Waals surface area contributed by atoms with Crippen molar-refractivity contribution in [1.82, 2.24) is 9.62 Å². The van der Waals surface area contributed by atoms with Gasteiger partial charge in [-0.25, -0.2) is 17.9 Å². The monoisotopic (exact) mass is 336 g/mol. The predicted molar refractivity (Wildman–Crippen MR) is 79.8 cm³/mol. The van der Waals surface area contributed by atoms with Crippen LogP contribution in [0, 0.1) is 0 Å². The fourth-order valence-corrected chi connectivity index (χ4v) is 2.74. The van der Waals surface area contributed by atoms with Gasteiger partial charge in [0.15, 0.2) is 0 Å². The molecule has 0 aromatic heterocycles. The molecule has 9 heteroatoms. The van der Waals surface area contributed by atoms with E-state index in [1.807, 2.05) is 0 Å². The van der Waals surface area contributed by atoms with Crippen molar-refractivity contribution in [3.8, 4) is 0 Å². The molecule has 2 N–H and O–H groups in total. The van der Waals surface area contributed by atoms with Crippen LogP contribution in [0.1, 0.15) is 33.6 Å². The van der Waals surface area contributed by atoms with Gasteiger partial charge in [-0.15, -0.1) is 0 Å². The Kier molecular flexibility index (Phi) is 6.76. The lowest BCUT2D eigenvalue weighted by Crippen LogP contribution is -2.49. The molecular weight excluding hydrogens is 312 g/mol. The molecular formula is C13H24N2O6S. The number of carbonyl (C=O) groups excluding carboxylic acids is 1. The van der Waals surface area contributed by atoms with Gasteiger partial charge in [0, 0.05) is 6.04 Å². The topological polar surface area (TPSA) is 113 Å². The van der Waals surface area contributed by atoms with E-state index >= 15 is 0 Å². The summed E-state index contributed by atoms with van der Waals surface area (Å²) < 4.78 is 30.9. The highest BCUT2D eigenvalue weighted by atomic mass is 32.2. The summed E-state index contributed by atoms with van der Waals surface area (Å²) in [5, 5.41) is 9.03. The van der Waals surface area contributed by atoms with E-state index in [0.717, 1.165) is 12.8 Å². The average molecular weight is 336 g/mol. The Labute approximate surface area is 130 Å². The number of nitrogens with zero attached hydrogens (tertiary/aromatic N) is 1. The van der Waals surface area contributed by atoms with Crippen molar-refractivity contribution in [2.45, 2.75) is 51.8 Å². The Balaban J connectivity index is 2.50. The van der Waals surface area contributed by atoms with Gasteiger partial charge in [-0.05, 0) is 33.6 Å². The number of nitrogens with one attached hydrogen (secondary N) is 1.